The van der Waals surface area contributed by atoms with E-state index >= 15 is 0 Å². The molecule has 0 saturated heterocycles. The highest BCUT2D eigenvalue weighted by molar-refractivity contribution is 7.90. The van der Waals surface area contributed by atoms with Crippen LogP contribution in [-0.4, -0.2) is 52.5 Å². The molecule has 6 rings (SSSR count). The fourth-order valence-corrected chi connectivity index (χ4v) is 6.67. The zero-order chi connectivity index (χ0) is 31.9. The Morgan fingerprint density at radius 1 is 0.956 bits per heavy atom. The molecule has 0 unspecified atom stereocenters. The van der Waals surface area contributed by atoms with Gasteiger partial charge in [0, 0.05) is 44.3 Å². The van der Waals surface area contributed by atoms with Crippen LogP contribution in [0.25, 0.3) is 22.2 Å². The van der Waals surface area contributed by atoms with Gasteiger partial charge in [0.05, 0.1) is 10.3 Å². The topological polar surface area (TPSA) is 116 Å². The Balaban J connectivity index is 1.43. The third kappa shape index (κ3) is 6.08. The second kappa shape index (κ2) is 11.6. The molecule has 0 bridgehead atoms. The molecule has 10 nitrogen and oxygen atoms in total. The number of pyridine rings is 2. The summed E-state index contributed by atoms with van der Waals surface area (Å²) in [4.78, 5) is 23.5. The molecule has 0 saturated carbocycles. The molecule has 0 fully saturated rings. The molecule has 45 heavy (non-hydrogen) atoms. The Morgan fingerprint density at radius 2 is 1.71 bits per heavy atom. The lowest BCUT2D eigenvalue weighted by molar-refractivity contribution is 0.0223. The molecular weight excluding hydrogens is 590 g/mol. The van der Waals surface area contributed by atoms with Gasteiger partial charge in [0.2, 0.25) is 0 Å². The summed E-state index contributed by atoms with van der Waals surface area (Å²) in [5.74, 6) is 1.62. The Morgan fingerprint density at radius 3 is 2.44 bits per heavy atom. The minimum atomic E-state index is -4.00. The lowest BCUT2D eigenvalue weighted by Gasteiger charge is -2.31. The van der Waals surface area contributed by atoms with E-state index in [2.05, 4.69) is 15.3 Å². The Hall–Kier alpha value is -4.90. The van der Waals surface area contributed by atoms with Gasteiger partial charge in [0.25, 0.3) is 10.0 Å². The van der Waals surface area contributed by atoms with Crippen molar-refractivity contribution in [3.8, 4) is 22.6 Å². The maximum absolute atomic E-state index is 13.9. The number of anilines is 1. The lowest BCUT2D eigenvalue weighted by Crippen LogP contribution is -2.39. The number of rotatable bonds is 6. The lowest BCUT2D eigenvalue weighted by atomic mass is 10.00. The minimum absolute atomic E-state index is 0.152. The molecule has 0 atom stereocenters. The van der Waals surface area contributed by atoms with Crippen LogP contribution < -0.4 is 10.1 Å². The first kappa shape index (κ1) is 30.1. The van der Waals surface area contributed by atoms with Crippen molar-refractivity contribution in [1.82, 2.24) is 18.8 Å². The molecule has 1 amide bonds. The van der Waals surface area contributed by atoms with E-state index in [-0.39, 0.29) is 16.6 Å². The van der Waals surface area contributed by atoms with Gasteiger partial charge >= 0.3 is 6.09 Å². The van der Waals surface area contributed by atoms with Crippen molar-refractivity contribution in [1.29, 1.82) is 0 Å². The van der Waals surface area contributed by atoms with E-state index in [0.717, 1.165) is 22.3 Å². The van der Waals surface area contributed by atoms with Crippen LogP contribution in [0.15, 0.2) is 84.1 Å². The number of aromatic nitrogens is 3. The summed E-state index contributed by atoms with van der Waals surface area (Å²) in [5, 5.41) is 3.58. The number of aryl methyl sites for hydroxylation is 1. The van der Waals surface area contributed by atoms with E-state index in [1.807, 2.05) is 58.0 Å². The SMILES string of the molecule is CNc1cc(-c2cn(S(=O)(=O)c3ccc(C)cc3)c3nccc(Oc4ccc5c(c4)CN(C(=O)OC(C)(C)C)CC5)c23)ccn1. The predicted octanol–water partition coefficient (Wildman–Crippen LogP) is 6.77. The highest BCUT2D eigenvalue weighted by Gasteiger charge is 2.28. The van der Waals surface area contributed by atoms with Gasteiger partial charge < -0.3 is 19.7 Å². The number of carbonyl (C=O) groups excluding carboxylic acids is 1. The van der Waals surface area contributed by atoms with Gasteiger partial charge in [-0.05, 0) is 93.3 Å². The van der Waals surface area contributed by atoms with Gasteiger partial charge in [-0.25, -0.2) is 27.2 Å². The molecule has 0 aliphatic carbocycles. The Bertz CT molecular complexity index is 2010. The molecule has 11 heteroatoms. The number of ether oxygens (including phenoxy) is 2. The van der Waals surface area contributed by atoms with Crippen LogP contribution >= 0.6 is 0 Å². The largest absolute Gasteiger partial charge is 0.457 e. The fraction of sp³-hybridized carbons (Fsp3) is 0.265. The second-order valence-corrected chi connectivity index (χ2v) is 13.8. The van der Waals surface area contributed by atoms with Crippen molar-refractivity contribution in [2.75, 3.05) is 18.9 Å². The van der Waals surface area contributed by atoms with Gasteiger partial charge in [-0.15, -0.1) is 0 Å². The first-order chi connectivity index (χ1) is 21.4. The van der Waals surface area contributed by atoms with E-state index in [4.69, 9.17) is 9.47 Å². The van der Waals surface area contributed by atoms with Crippen molar-refractivity contribution in [3.05, 3.63) is 95.9 Å². The smallest absolute Gasteiger partial charge is 0.410 e. The number of nitrogens with zero attached hydrogens (tertiary/aromatic N) is 4. The zero-order valence-corrected chi connectivity index (χ0v) is 26.7. The van der Waals surface area contributed by atoms with E-state index in [1.165, 1.54) is 10.2 Å². The summed E-state index contributed by atoms with van der Waals surface area (Å²) in [6.45, 7) is 8.42. The van der Waals surface area contributed by atoms with Gasteiger partial charge in [-0.3, -0.25) is 0 Å². The van der Waals surface area contributed by atoms with E-state index in [0.29, 0.717) is 47.8 Å². The average molecular weight is 626 g/mol. The molecular formula is C34H35N5O5S. The number of benzene rings is 2. The number of hydrogen-bond acceptors (Lipinski definition) is 8. The Kier molecular flexibility index (Phi) is 7.74. The van der Waals surface area contributed by atoms with Crippen molar-refractivity contribution in [2.45, 2.75) is 51.2 Å². The van der Waals surface area contributed by atoms with Gasteiger partial charge in [0.1, 0.15) is 22.9 Å². The highest BCUT2D eigenvalue weighted by Crippen LogP contribution is 2.40. The number of carbonyl (C=O) groups is 1. The second-order valence-electron chi connectivity index (χ2n) is 12.0. The number of amides is 1. The van der Waals surface area contributed by atoms with Gasteiger partial charge in [0.15, 0.2) is 5.65 Å². The van der Waals surface area contributed by atoms with Crippen LogP contribution in [0.5, 0.6) is 11.5 Å². The summed E-state index contributed by atoms with van der Waals surface area (Å²) in [6.07, 6.45) is 5.13. The maximum atomic E-state index is 13.9. The third-order valence-electron chi connectivity index (χ3n) is 7.59. The van der Waals surface area contributed by atoms with Crippen LogP contribution in [0.4, 0.5) is 10.6 Å². The maximum Gasteiger partial charge on any atom is 0.410 e. The number of nitrogens with one attached hydrogen (secondary N) is 1. The quantitative estimate of drug-likeness (QED) is 0.220. The summed E-state index contributed by atoms with van der Waals surface area (Å²) in [5.41, 5.74) is 4.07. The van der Waals surface area contributed by atoms with Gasteiger partial charge in [-0.1, -0.05) is 23.8 Å². The summed E-state index contributed by atoms with van der Waals surface area (Å²) in [6, 6.07) is 17.9. The van der Waals surface area contributed by atoms with E-state index < -0.39 is 15.6 Å². The summed E-state index contributed by atoms with van der Waals surface area (Å²) < 4.78 is 41.2. The number of hydrogen-bond donors (Lipinski definition) is 1. The van der Waals surface area contributed by atoms with Crippen molar-refractivity contribution < 1.29 is 22.7 Å². The van der Waals surface area contributed by atoms with Crippen LogP contribution in [0.3, 0.4) is 0 Å². The molecule has 4 heterocycles. The zero-order valence-electron chi connectivity index (χ0n) is 25.9. The molecule has 1 aliphatic rings. The first-order valence-electron chi connectivity index (χ1n) is 14.7. The van der Waals surface area contributed by atoms with E-state index in [1.54, 1.807) is 54.7 Å². The molecule has 0 radical (unpaired) electrons. The summed E-state index contributed by atoms with van der Waals surface area (Å²) in [7, 11) is -2.23. The van der Waals surface area contributed by atoms with Crippen molar-refractivity contribution in [2.24, 2.45) is 0 Å². The van der Waals surface area contributed by atoms with Crippen LogP contribution in [0, 0.1) is 6.92 Å². The average Bonchev–Trinajstić information content (AvgIpc) is 3.42. The molecule has 1 aliphatic heterocycles. The molecule has 232 valence electrons. The first-order valence-corrected chi connectivity index (χ1v) is 16.1. The standard InChI is InChI=1S/C34H35N5O5S/c1-22-6-10-27(11-7-22)45(41,42)39-21-28(24-12-15-36-30(19-24)35-5)31-29(13-16-37-32(31)39)43-26-9-8-23-14-17-38(20-25(23)18-26)33(40)44-34(2,3)4/h6-13,15-16,18-19,21H,14,17,20H2,1-5H3,(H,35,36). The summed E-state index contributed by atoms with van der Waals surface area (Å²) >= 11 is 0. The normalized spacial score (nSPS) is 13.4. The molecule has 2 aromatic carbocycles. The monoisotopic (exact) mass is 625 g/mol. The van der Waals surface area contributed by atoms with Crippen LogP contribution in [-0.2, 0) is 27.7 Å². The van der Waals surface area contributed by atoms with Crippen LogP contribution in [0.2, 0.25) is 0 Å². The molecule has 3 aromatic heterocycles. The fourth-order valence-electron chi connectivity index (χ4n) is 5.35. The molecule has 5 aromatic rings. The highest BCUT2D eigenvalue weighted by atomic mass is 32.2. The van der Waals surface area contributed by atoms with Crippen LogP contribution in [0.1, 0.15) is 37.5 Å². The molecule has 0 spiro atoms. The predicted molar refractivity (Wildman–Crippen MR) is 173 cm³/mol. The Labute approximate surface area is 262 Å². The minimum Gasteiger partial charge on any atom is -0.457 e. The molecule has 1 N–H and O–H groups in total. The van der Waals surface area contributed by atoms with Crippen molar-refractivity contribution in [3.63, 3.8) is 0 Å². The number of fused-ring (bicyclic) bond motifs is 2. The van der Waals surface area contributed by atoms with E-state index in [9.17, 15) is 13.2 Å². The van der Waals surface area contributed by atoms with Crippen molar-refractivity contribution >= 4 is 33.0 Å². The third-order valence-corrected chi connectivity index (χ3v) is 9.26. The van der Waals surface area contributed by atoms with Gasteiger partial charge in [-0.2, -0.15) is 0 Å².